The van der Waals surface area contributed by atoms with Crippen LogP contribution in [-0.2, 0) is 4.74 Å². The molecule has 0 spiro atoms. The van der Waals surface area contributed by atoms with Gasteiger partial charge in [0.15, 0.2) is 0 Å². The number of likely N-dealkylation sites (tertiary alicyclic amines) is 1. The molecule has 1 rings (SSSR count). The van der Waals surface area contributed by atoms with Crippen LogP contribution in [0.2, 0.25) is 0 Å². The van der Waals surface area contributed by atoms with Crippen LogP contribution in [-0.4, -0.2) is 56.5 Å². The van der Waals surface area contributed by atoms with Crippen molar-refractivity contribution in [3.8, 4) is 0 Å². The zero-order valence-corrected chi connectivity index (χ0v) is 10.0. The van der Waals surface area contributed by atoms with Gasteiger partial charge in [0.1, 0.15) is 6.17 Å². The first-order valence-electron chi connectivity index (χ1n) is 5.75. The van der Waals surface area contributed by atoms with Crippen LogP contribution in [0.25, 0.3) is 0 Å². The zero-order chi connectivity index (χ0) is 11.3. The third-order valence-electron chi connectivity index (χ3n) is 2.78. The minimum atomic E-state index is -0.752. The van der Waals surface area contributed by atoms with E-state index in [-0.39, 0.29) is 7.47 Å². The van der Waals surface area contributed by atoms with E-state index in [0.717, 1.165) is 19.5 Å². The van der Waals surface area contributed by atoms with Crippen LogP contribution in [0.3, 0.4) is 0 Å². The molecule has 2 unspecified atom stereocenters. The molecule has 1 saturated heterocycles. The van der Waals surface area contributed by atoms with E-state index in [1.807, 2.05) is 0 Å². The summed E-state index contributed by atoms with van der Waals surface area (Å²) in [5.41, 5.74) is 0. The standard InChI is InChI=1S/C11H23FN2O.H2/c1-9(2)13-11-4-5-14(6-7-15-3)8-10(11)12;/h9-11,13H,4-8H2,1-3H3;1H. The molecule has 0 radical (unpaired) electrons. The summed E-state index contributed by atoms with van der Waals surface area (Å²) in [6, 6.07) is 0.391. The SMILES string of the molecule is COCCN1CCC(NC(C)C)C(F)C1.[HH]. The fourth-order valence-electron chi connectivity index (χ4n) is 2.01. The summed E-state index contributed by atoms with van der Waals surface area (Å²) in [7, 11) is 1.68. The molecule has 0 aromatic rings. The Balaban J connectivity index is 0.00000225. The van der Waals surface area contributed by atoms with Crippen molar-refractivity contribution < 1.29 is 10.6 Å². The van der Waals surface area contributed by atoms with Crippen molar-refractivity contribution >= 4 is 0 Å². The highest BCUT2D eigenvalue weighted by Crippen LogP contribution is 2.14. The van der Waals surface area contributed by atoms with Crippen molar-refractivity contribution in [1.82, 2.24) is 10.2 Å². The van der Waals surface area contributed by atoms with Crippen LogP contribution < -0.4 is 5.32 Å². The molecule has 2 atom stereocenters. The van der Waals surface area contributed by atoms with Crippen LogP contribution >= 0.6 is 0 Å². The fraction of sp³-hybridized carbons (Fsp3) is 1.00. The van der Waals surface area contributed by atoms with E-state index >= 15 is 0 Å². The third-order valence-corrected chi connectivity index (χ3v) is 2.78. The maximum Gasteiger partial charge on any atom is 0.128 e. The molecule has 0 bridgehead atoms. The minimum Gasteiger partial charge on any atom is -0.383 e. The van der Waals surface area contributed by atoms with Gasteiger partial charge in [-0.1, -0.05) is 13.8 Å². The molecule has 0 aromatic carbocycles. The summed E-state index contributed by atoms with van der Waals surface area (Å²) in [6.45, 7) is 7.15. The quantitative estimate of drug-likeness (QED) is 0.755. The number of methoxy groups -OCH3 is 1. The van der Waals surface area contributed by atoms with Crippen molar-refractivity contribution in [3.63, 3.8) is 0 Å². The Morgan fingerprint density at radius 1 is 1.60 bits per heavy atom. The van der Waals surface area contributed by atoms with Crippen molar-refractivity contribution in [2.75, 3.05) is 33.4 Å². The number of nitrogens with one attached hydrogen (secondary N) is 1. The molecular weight excluding hydrogens is 195 g/mol. The van der Waals surface area contributed by atoms with Crippen molar-refractivity contribution in [3.05, 3.63) is 0 Å². The average molecular weight is 220 g/mol. The molecule has 1 fully saturated rings. The first kappa shape index (κ1) is 12.9. The van der Waals surface area contributed by atoms with Gasteiger partial charge in [-0.15, -0.1) is 0 Å². The molecule has 4 heteroatoms. The number of rotatable bonds is 5. The molecule has 1 aliphatic heterocycles. The highest BCUT2D eigenvalue weighted by molar-refractivity contribution is 4.86. The fourth-order valence-corrected chi connectivity index (χ4v) is 2.01. The van der Waals surface area contributed by atoms with Gasteiger partial charge in [-0.25, -0.2) is 4.39 Å². The number of alkyl halides is 1. The highest BCUT2D eigenvalue weighted by Gasteiger charge is 2.28. The Morgan fingerprint density at radius 2 is 2.33 bits per heavy atom. The first-order valence-corrected chi connectivity index (χ1v) is 5.75. The van der Waals surface area contributed by atoms with Gasteiger partial charge in [0.25, 0.3) is 0 Å². The number of hydrogen-bond acceptors (Lipinski definition) is 3. The van der Waals surface area contributed by atoms with E-state index in [0.29, 0.717) is 19.2 Å². The largest absolute Gasteiger partial charge is 0.383 e. The Morgan fingerprint density at radius 3 is 2.87 bits per heavy atom. The lowest BCUT2D eigenvalue weighted by Gasteiger charge is -2.35. The predicted octanol–water partition coefficient (Wildman–Crippen LogP) is 1.29. The van der Waals surface area contributed by atoms with Crippen molar-refractivity contribution in [1.29, 1.82) is 0 Å². The molecule has 1 N–H and O–H groups in total. The maximum absolute atomic E-state index is 13.7. The van der Waals surface area contributed by atoms with E-state index in [2.05, 4.69) is 24.1 Å². The van der Waals surface area contributed by atoms with Gasteiger partial charge < -0.3 is 10.1 Å². The molecule has 1 aliphatic rings. The number of piperidine rings is 1. The molecule has 3 nitrogen and oxygen atoms in total. The number of halogens is 1. The summed E-state index contributed by atoms with van der Waals surface area (Å²) in [5.74, 6) is 0. The van der Waals surface area contributed by atoms with E-state index in [9.17, 15) is 4.39 Å². The summed E-state index contributed by atoms with van der Waals surface area (Å²) in [4.78, 5) is 2.13. The van der Waals surface area contributed by atoms with Crippen LogP contribution in [0.4, 0.5) is 4.39 Å². The minimum absolute atomic E-state index is 0. The molecule has 92 valence electrons. The second-order valence-electron chi connectivity index (χ2n) is 4.53. The first-order chi connectivity index (χ1) is 7.13. The number of nitrogens with zero attached hydrogens (tertiary/aromatic N) is 1. The zero-order valence-electron chi connectivity index (χ0n) is 10.0. The topological polar surface area (TPSA) is 24.5 Å². The Bertz CT molecular complexity index is 183. The molecule has 0 aromatic heterocycles. The van der Waals surface area contributed by atoms with E-state index < -0.39 is 6.17 Å². The molecule has 1 heterocycles. The lowest BCUT2D eigenvalue weighted by molar-refractivity contribution is 0.0753. The average Bonchev–Trinajstić information content (AvgIpc) is 2.18. The second kappa shape index (κ2) is 6.40. The smallest absolute Gasteiger partial charge is 0.128 e. The van der Waals surface area contributed by atoms with Gasteiger partial charge in [-0.3, -0.25) is 4.90 Å². The maximum atomic E-state index is 13.7. The Kier molecular flexibility index (Phi) is 5.50. The molecule has 0 amide bonds. The summed E-state index contributed by atoms with van der Waals surface area (Å²) in [5, 5.41) is 3.28. The second-order valence-corrected chi connectivity index (χ2v) is 4.53. The van der Waals surface area contributed by atoms with E-state index in [4.69, 9.17) is 4.74 Å². The van der Waals surface area contributed by atoms with Gasteiger partial charge >= 0.3 is 0 Å². The van der Waals surface area contributed by atoms with Crippen LogP contribution in [0.15, 0.2) is 0 Å². The number of ether oxygens (including phenoxy) is 1. The third kappa shape index (κ3) is 4.45. The highest BCUT2D eigenvalue weighted by atomic mass is 19.1. The van der Waals surface area contributed by atoms with Crippen LogP contribution in [0.1, 0.15) is 21.7 Å². The predicted molar refractivity (Wildman–Crippen MR) is 62.0 cm³/mol. The van der Waals surface area contributed by atoms with Crippen LogP contribution in [0, 0.1) is 0 Å². The van der Waals surface area contributed by atoms with Gasteiger partial charge in [0, 0.05) is 33.7 Å². The van der Waals surface area contributed by atoms with Gasteiger partial charge in [0.05, 0.1) is 6.61 Å². The molecular formula is C11H25FN2O. The van der Waals surface area contributed by atoms with Gasteiger partial charge in [-0.05, 0) is 13.0 Å². The molecule has 0 saturated carbocycles. The summed E-state index contributed by atoms with van der Waals surface area (Å²) >= 11 is 0. The lowest BCUT2D eigenvalue weighted by atomic mass is 10.0. The normalized spacial score (nSPS) is 28.6. The van der Waals surface area contributed by atoms with Crippen molar-refractivity contribution in [2.45, 2.75) is 38.5 Å². The van der Waals surface area contributed by atoms with Crippen molar-refractivity contribution in [2.24, 2.45) is 0 Å². The Hall–Kier alpha value is -0.190. The van der Waals surface area contributed by atoms with Gasteiger partial charge in [-0.2, -0.15) is 0 Å². The Labute approximate surface area is 93.5 Å². The van der Waals surface area contributed by atoms with Crippen LogP contribution in [0.5, 0.6) is 0 Å². The molecule has 0 aliphatic carbocycles. The molecule has 15 heavy (non-hydrogen) atoms. The monoisotopic (exact) mass is 220 g/mol. The summed E-state index contributed by atoms with van der Waals surface area (Å²) in [6.07, 6.45) is 0.140. The lowest BCUT2D eigenvalue weighted by Crippen LogP contribution is -2.52. The van der Waals surface area contributed by atoms with E-state index in [1.54, 1.807) is 7.11 Å². The van der Waals surface area contributed by atoms with Gasteiger partial charge in [0.2, 0.25) is 0 Å². The summed E-state index contributed by atoms with van der Waals surface area (Å²) < 4.78 is 18.7. The number of hydrogen-bond donors (Lipinski definition) is 1. The van der Waals surface area contributed by atoms with E-state index in [1.165, 1.54) is 0 Å².